The quantitative estimate of drug-likeness (QED) is 0.594. The van der Waals surface area contributed by atoms with E-state index >= 15 is 0 Å². The van der Waals surface area contributed by atoms with Crippen LogP contribution in [0.1, 0.15) is 30.5 Å². The second-order valence-corrected chi connectivity index (χ2v) is 8.60. The van der Waals surface area contributed by atoms with Gasteiger partial charge in [-0.3, -0.25) is 9.59 Å². The van der Waals surface area contributed by atoms with Gasteiger partial charge in [0.05, 0.1) is 5.75 Å². The van der Waals surface area contributed by atoms with E-state index in [1.807, 2.05) is 37.3 Å². The fraction of sp³-hybridized carbons (Fsp3) is 0.364. The summed E-state index contributed by atoms with van der Waals surface area (Å²) in [6.07, 6.45) is 0. The number of nitrogens with one attached hydrogen (secondary N) is 1. The van der Waals surface area contributed by atoms with Crippen LogP contribution in [0.3, 0.4) is 0 Å². The molecule has 0 aliphatic carbocycles. The summed E-state index contributed by atoms with van der Waals surface area (Å²) in [5.41, 5.74) is 3.41. The zero-order valence-electron chi connectivity index (χ0n) is 16.6. The second-order valence-electron chi connectivity index (χ2n) is 6.70. The Morgan fingerprint density at radius 2 is 1.86 bits per heavy atom. The third-order valence-corrected chi connectivity index (χ3v) is 5.88. The smallest absolute Gasteiger partial charge is 0.242 e. The van der Waals surface area contributed by atoms with E-state index in [0.29, 0.717) is 18.8 Å². The molecule has 0 saturated carbocycles. The van der Waals surface area contributed by atoms with E-state index in [0.717, 1.165) is 15.8 Å². The summed E-state index contributed by atoms with van der Waals surface area (Å²) in [4.78, 5) is 26.9. The Labute approximate surface area is 180 Å². The van der Waals surface area contributed by atoms with Gasteiger partial charge in [0.2, 0.25) is 11.8 Å². The molecule has 28 heavy (non-hydrogen) atoms. The van der Waals surface area contributed by atoms with Crippen LogP contribution in [0, 0.1) is 6.92 Å². The van der Waals surface area contributed by atoms with E-state index in [4.69, 9.17) is 0 Å². The molecule has 150 valence electrons. The number of halogens is 1. The molecule has 0 bridgehead atoms. The SMILES string of the molecule is CCNC(=O)[C@@H](C)N(Cc1ccc(Br)cc1)C(=O)CSCc1cccc(C)c1. The number of likely N-dealkylation sites (N-methyl/N-ethyl adjacent to an activating group) is 1. The van der Waals surface area contributed by atoms with Crippen molar-refractivity contribution in [2.45, 2.75) is 39.1 Å². The average Bonchev–Trinajstić information content (AvgIpc) is 2.67. The topological polar surface area (TPSA) is 49.4 Å². The number of aryl methyl sites for hydroxylation is 1. The number of benzene rings is 2. The first-order valence-corrected chi connectivity index (χ1v) is 11.3. The number of amides is 2. The molecule has 4 nitrogen and oxygen atoms in total. The molecule has 1 N–H and O–H groups in total. The Balaban J connectivity index is 2.04. The summed E-state index contributed by atoms with van der Waals surface area (Å²) in [5.74, 6) is 0.958. The van der Waals surface area contributed by atoms with Crippen molar-refractivity contribution < 1.29 is 9.59 Å². The van der Waals surface area contributed by atoms with Crippen LogP contribution in [-0.2, 0) is 21.9 Å². The fourth-order valence-electron chi connectivity index (χ4n) is 2.83. The van der Waals surface area contributed by atoms with E-state index in [1.54, 1.807) is 23.6 Å². The van der Waals surface area contributed by atoms with Crippen molar-refractivity contribution >= 4 is 39.5 Å². The first-order valence-electron chi connectivity index (χ1n) is 9.35. The van der Waals surface area contributed by atoms with E-state index in [-0.39, 0.29) is 11.8 Å². The van der Waals surface area contributed by atoms with E-state index in [1.165, 1.54) is 11.1 Å². The van der Waals surface area contributed by atoms with E-state index in [9.17, 15) is 9.59 Å². The van der Waals surface area contributed by atoms with Crippen LogP contribution in [0.25, 0.3) is 0 Å². The first kappa shape index (κ1) is 22.5. The lowest BCUT2D eigenvalue weighted by atomic mass is 10.1. The molecular formula is C22H27BrN2O2S. The highest BCUT2D eigenvalue weighted by molar-refractivity contribution is 9.10. The molecule has 1 atom stereocenters. The van der Waals surface area contributed by atoms with Crippen molar-refractivity contribution in [3.63, 3.8) is 0 Å². The van der Waals surface area contributed by atoms with Gasteiger partial charge in [0, 0.05) is 23.3 Å². The number of hydrogen-bond donors (Lipinski definition) is 1. The lowest BCUT2D eigenvalue weighted by molar-refractivity contribution is -0.138. The standard InChI is InChI=1S/C22H27BrN2O2S/c1-4-24-22(27)17(3)25(13-18-8-10-20(23)11-9-18)21(26)15-28-14-19-7-5-6-16(2)12-19/h5-12,17H,4,13-15H2,1-3H3,(H,24,27)/t17-/m1/s1. The summed E-state index contributed by atoms with van der Waals surface area (Å²) in [6.45, 7) is 6.69. The number of carbonyl (C=O) groups is 2. The Kier molecular flexibility index (Phi) is 9.06. The van der Waals surface area contributed by atoms with Gasteiger partial charge in [0.25, 0.3) is 0 Å². The second kappa shape index (κ2) is 11.3. The van der Waals surface area contributed by atoms with E-state index in [2.05, 4.69) is 46.4 Å². The molecule has 0 fully saturated rings. The van der Waals surface area contributed by atoms with Crippen LogP contribution in [0.5, 0.6) is 0 Å². The van der Waals surface area contributed by atoms with Gasteiger partial charge in [-0.05, 0) is 44.0 Å². The summed E-state index contributed by atoms with van der Waals surface area (Å²) < 4.78 is 0.986. The third kappa shape index (κ3) is 6.99. The van der Waals surface area contributed by atoms with Crippen LogP contribution >= 0.6 is 27.7 Å². The molecule has 6 heteroatoms. The predicted octanol–water partition coefficient (Wildman–Crippen LogP) is 4.54. The number of carbonyl (C=O) groups excluding carboxylic acids is 2. The molecule has 0 spiro atoms. The van der Waals surface area contributed by atoms with Gasteiger partial charge >= 0.3 is 0 Å². The van der Waals surface area contributed by atoms with Gasteiger partial charge < -0.3 is 10.2 Å². The zero-order valence-corrected chi connectivity index (χ0v) is 19.0. The summed E-state index contributed by atoms with van der Waals surface area (Å²) in [6, 6.07) is 15.6. The van der Waals surface area contributed by atoms with Crippen LogP contribution in [0.4, 0.5) is 0 Å². The van der Waals surface area contributed by atoms with Gasteiger partial charge in [-0.15, -0.1) is 11.8 Å². The molecule has 0 saturated heterocycles. The maximum atomic E-state index is 12.9. The molecular weight excluding hydrogens is 436 g/mol. The molecule has 2 amide bonds. The molecule has 0 aromatic heterocycles. The van der Waals surface area contributed by atoms with Crippen LogP contribution < -0.4 is 5.32 Å². The molecule has 2 aromatic carbocycles. The van der Waals surface area contributed by atoms with Crippen LogP contribution in [0.15, 0.2) is 53.0 Å². The van der Waals surface area contributed by atoms with Gasteiger partial charge in [-0.25, -0.2) is 0 Å². The van der Waals surface area contributed by atoms with Gasteiger partial charge in [-0.1, -0.05) is 57.9 Å². The highest BCUT2D eigenvalue weighted by Gasteiger charge is 2.25. The first-order chi connectivity index (χ1) is 13.4. The maximum absolute atomic E-state index is 12.9. The monoisotopic (exact) mass is 462 g/mol. The normalized spacial score (nSPS) is 11.7. The average molecular weight is 463 g/mol. The Hall–Kier alpha value is -1.79. The van der Waals surface area contributed by atoms with Crippen molar-refractivity contribution in [3.05, 3.63) is 69.7 Å². The molecule has 0 unspecified atom stereocenters. The largest absolute Gasteiger partial charge is 0.355 e. The van der Waals surface area contributed by atoms with Crippen molar-refractivity contribution in [2.75, 3.05) is 12.3 Å². The molecule has 0 aliphatic heterocycles. The Morgan fingerprint density at radius 1 is 1.14 bits per heavy atom. The molecule has 2 rings (SSSR count). The highest BCUT2D eigenvalue weighted by Crippen LogP contribution is 2.18. The summed E-state index contributed by atoms with van der Waals surface area (Å²) in [7, 11) is 0. The summed E-state index contributed by atoms with van der Waals surface area (Å²) in [5, 5.41) is 2.82. The molecule has 0 radical (unpaired) electrons. The Morgan fingerprint density at radius 3 is 2.50 bits per heavy atom. The summed E-state index contributed by atoms with van der Waals surface area (Å²) >= 11 is 5.00. The number of nitrogens with zero attached hydrogens (tertiary/aromatic N) is 1. The lowest BCUT2D eigenvalue weighted by Gasteiger charge is -2.28. The van der Waals surface area contributed by atoms with Gasteiger partial charge in [-0.2, -0.15) is 0 Å². The van der Waals surface area contributed by atoms with Gasteiger partial charge in [0.1, 0.15) is 6.04 Å². The van der Waals surface area contributed by atoms with Gasteiger partial charge in [0.15, 0.2) is 0 Å². The van der Waals surface area contributed by atoms with Crippen LogP contribution in [0.2, 0.25) is 0 Å². The fourth-order valence-corrected chi connectivity index (χ4v) is 3.95. The van der Waals surface area contributed by atoms with E-state index < -0.39 is 6.04 Å². The minimum Gasteiger partial charge on any atom is -0.355 e. The number of hydrogen-bond acceptors (Lipinski definition) is 3. The highest BCUT2D eigenvalue weighted by atomic mass is 79.9. The molecule has 2 aromatic rings. The van der Waals surface area contributed by atoms with Crippen LogP contribution in [-0.4, -0.2) is 35.1 Å². The van der Waals surface area contributed by atoms with Crippen molar-refractivity contribution in [1.82, 2.24) is 10.2 Å². The van der Waals surface area contributed by atoms with Crippen molar-refractivity contribution in [2.24, 2.45) is 0 Å². The predicted molar refractivity (Wildman–Crippen MR) is 120 cm³/mol. The van der Waals surface area contributed by atoms with Crippen molar-refractivity contribution in [1.29, 1.82) is 0 Å². The molecule has 0 heterocycles. The lowest BCUT2D eigenvalue weighted by Crippen LogP contribution is -2.48. The zero-order chi connectivity index (χ0) is 20.5. The number of thioether (sulfide) groups is 1. The van der Waals surface area contributed by atoms with Crippen molar-refractivity contribution in [3.8, 4) is 0 Å². The number of rotatable bonds is 9. The Bertz CT molecular complexity index is 795. The minimum atomic E-state index is -0.518. The third-order valence-electron chi connectivity index (χ3n) is 4.36. The maximum Gasteiger partial charge on any atom is 0.242 e. The minimum absolute atomic E-state index is 0.0284. The molecule has 0 aliphatic rings.